The highest BCUT2D eigenvalue weighted by atomic mass is 32.2. The van der Waals surface area contributed by atoms with Crippen molar-refractivity contribution in [2.24, 2.45) is 5.92 Å². The van der Waals surface area contributed by atoms with Crippen LogP contribution in [0.5, 0.6) is 0 Å². The molecule has 2 N–H and O–H groups in total. The smallest absolute Gasteiger partial charge is 0.352 e. The van der Waals surface area contributed by atoms with E-state index in [1.807, 2.05) is 0 Å². The molecule has 35 heavy (non-hydrogen) atoms. The summed E-state index contributed by atoms with van der Waals surface area (Å²) in [6.07, 6.45) is -2.01. The summed E-state index contributed by atoms with van der Waals surface area (Å²) in [5.41, 5.74) is -0.0430. The Hall–Kier alpha value is -3.18. The van der Waals surface area contributed by atoms with Crippen molar-refractivity contribution in [2.45, 2.75) is 30.5 Å². The largest absolute Gasteiger partial charge is 0.416 e. The van der Waals surface area contributed by atoms with E-state index in [4.69, 9.17) is 0 Å². The molecule has 11 heteroatoms. The van der Waals surface area contributed by atoms with Gasteiger partial charge in [0.2, 0.25) is 15.9 Å². The molecule has 1 saturated heterocycles. The zero-order valence-corrected chi connectivity index (χ0v) is 19.7. The number of carbonyl (C=O) groups excluding carboxylic acids is 2. The highest BCUT2D eigenvalue weighted by Crippen LogP contribution is 2.29. The number of carbonyl (C=O) groups is 2. The summed E-state index contributed by atoms with van der Waals surface area (Å²) in [5.74, 6) is -0.555. The van der Waals surface area contributed by atoms with Crippen molar-refractivity contribution in [3.8, 4) is 0 Å². The first-order valence-corrected chi connectivity index (χ1v) is 12.4. The van der Waals surface area contributed by atoms with Crippen molar-refractivity contribution in [1.29, 1.82) is 0 Å². The van der Waals surface area contributed by atoms with Crippen LogP contribution in [0.3, 0.4) is 0 Å². The van der Waals surface area contributed by atoms with Gasteiger partial charge in [0.1, 0.15) is 0 Å². The van der Waals surface area contributed by atoms with E-state index in [1.54, 1.807) is 0 Å². The summed E-state index contributed by atoms with van der Waals surface area (Å²) in [6, 6.07) is 9.98. The van der Waals surface area contributed by atoms with Gasteiger partial charge in [-0.2, -0.15) is 17.5 Å². The maximum absolute atomic E-state index is 13.0. The van der Waals surface area contributed by atoms with Crippen molar-refractivity contribution in [1.82, 2.24) is 14.9 Å². The lowest BCUT2D eigenvalue weighted by atomic mass is 9.98. The molecule has 0 unspecified atom stereocenters. The summed E-state index contributed by atoms with van der Waals surface area (Å²) in [5, 5.41) is 5.33. The molecule has 3 rings (SSSR count). The Labute approximate surface area is 202 Å². The van der Waals surface area contributed by atoms with E-state index in [-0.39, 0.29) is 28.8 Å². The average Bonchev–Trinajstić information content (AvgIpc) is 2.85. The first kappa shape index (κ1) is 26.4. The fourth-order valence-electron chi connectivity index (χ4n) is 3.69. The third kappa shape index (κ3) is 6.92. The molecule has 1 aliphatic heterocycles. The Morgan fingerprint density at radius 1 is 1.00 bits per heavy atom. The van der Waals surface area contributed by atoms with Gasteiger partial charge in [0.25, 0.3) is 5.91 Å². The van der Waals surface area contributed by atoms with Crippen molar-refractivity contribution < 1.29 is 31.2 Å². The molecule has 0 aromatic heterocycles. The van der Waals surface area contributed by atoms with Gasteiger partial charge in [-0.3, -0.25) is 9.59 Å². The summed E-state index contributed by atoms with van der Waals surface area (Å²) in [4.78, 5) is 23.7. The van der Waals surface area contributed by atoms with Crippen LogP contribution in [0.15, 0.2) is 66.1 Å². The van der Waals surface area contributed by atoms with Crippen LogP contribution < -0.4 is 10.6 Å². The number of rotatable bonds is 8. The predicted octanol–water partition coefficient (Wildman–Crippen LogP) is 3.34. The predicted molar refractivity (Wildman–Crippen MR) is 124 cm³/mol. The van der Waals surface area contributed by atoms with E-state index in [0.717, 1.165) is 12.1 Å². The number of sulfonamides is 1. The Morgan fingerprint density at radius 2 is 1.60 bits per heavy atom. The fraction of sp³-hybridized carbons (Fsp3) is 0.333. The van der Waals surface area contributed by atoms with Crippen LogP contribution in [-0.2, 0) is 27.5 Å². The second-order valence-electron chi connectivity index (χ2n) is 8.20. The molecule has 188 valence electrons. The normalized spacial score (nSPS) is 15.4. The number of nitrogens with one attached hydrogen (secondary N) is 2. The van der Waals surface area contributed by atoms with Crippen LogP contribution in [0, 0.1) is 5.92 Å². The lowest BCUT2D eigenvalue weighted by Gasteiger charge is -2.31. The van der Waals surface area contributed by atoms with Gasteiger partial charge in [-0.25, -0.2) is 8.42 Å². The third-order valence-corrected chi connectivity index (χ3v) is 7.73. The lowest BCUT2D eigenvalue weighted by molar-refractivity contribution is -0.137. The topological polar surface area (TPSA) is 95.6 Å². The zero-order chi connectivity index (χ0) is 25.6. The Morgan fingerprint density at radius 3 is 2.14 bits per heavy atom. The number of piperidine rings is 1. The lowest BCUT2D eigenvalue weighted by Crippen LogP contribution is -2.41. The van der Waals surface area contributed by atoms with Gasteiger partial charge in [0.15, 0.2) is 0 Å². The Bertz CT molecular complexity index is 1160. The van der Waals surface area contributed by atoms with Crippen LogP contribution in [0.1, 0.15) is 34.3 Å². The van der Waals surface area contributed by atoms with E-state index >= 15 is 0 Å². The number of hydrogen-bond donors (Lipinski definition) is 2. The average molecular weight is 510 g/mol. The number of nitrogens with zero attached hydrogens (tertiary/aromatic N) is 1. The van der Waals surface area contributed by atoms with Crippen LogP contribution >= 0.6 is 0 Å². The van der Waals surface area contributed by atoms with Crippen molar-refractivity contribution in [3.63, 3.8) is 0 Å². The molecule has 0 radical (unpaired) electrons. The molecule has 1 heterocycles. The first-order chi connectivity index (χ1) is 16.5. The minimum atomic E-state index is -4.43. The Balaban J connectivity index is 1.54. The molecule has 1 fully saturated rings. The van der Waals surface area contributed by atoms with E-state index in [2.05, 4.69) is 17.2 Å². The number of amides is 2. The van der Waals surface area contributed by atoms with E-state index in [0.29, 0.717) is 38.0 Å². The van der Waals surface area contributed by atoms with Crippen molar-refractivity contribution in [2.75, 3.05) is 19.6 Å². The van der Waals surface area contributed by atoms with Gasteiger partial charge in [0.05, 0.1) is 10.5 Å². The zero-order valence-electron chi connectivity index (χ0n) is 18.8. The van der Waals surface area contributed by atoms with Gasteiger partial charge < -0.3 is 10.6 Å². The second kappa shape index (κ2) is 11.0. The van der Waals surface area contributed by atoms with E-state index < -0.39 is 27.7 Å². The molecular formula is C24H26F3N3O4S. The van der Waals surface area contributed by atoms with Gasteiger partial charge in [-0.15, -0.1) is 0 Å². The number of benzene rings is 2. The van der Waals surface area contributed by atoms with Crippen LogP contribution in [0.25, 0.3) is 0 Å². The molecule has 0 atom stereocenters. The molecule has 2 aromatic rings. The molecular weight excluding hydrogens is 483 g/mol. The van der Waals surface area contributed by atoms with Crippen LogP contribution in [0.2, 0.25) is 0 Å². The first-order valence-electron chi connectivity index (χ1n) is 11.0. The SMILES string of the molecule is C=CC(=O)NCC1CCN(S(=O)(=O)c2ccc(C(=O)NCc3ccc(C(F)(F)F)cc3)cc2)CC1. The summed E-state index contributed by atoms with van der Waals surface area (Å²) >= 11 is 0. The molecule has 1 aliphatic rings. The van der Waals surface area contributed by atoms with Gasteiger partial charge in [-0.1, -0.05) is 18.7 Å². The van der Waals surface area contributed by atoms with Crippen LogP contribution in [0.4, 0.5) is 13.2 Å². The minimum absolute atomic E-state index is 0.0270. The second-order valence-corrected chi connectivity index (χ2v) is 10.1. The van der Waals surface area contributed by atoms with Crippen molar-refractivity contribution >= 4 is 21.8 Å². The van der Waals surface area contributed by atoms with Gasteiger partial charge in [0, 0.05) is 31.7 Å². The van der Waals surface area contributed by atoms with Gasteiger partial charge >= 0.3 is 6.18 Å². The number of hydrogen-bond acceptors (Lipinski definition) is 4. The maximum atomic E-state index is 13.0. The summed E-state index contributed by atoms with van der Waals surface area (Å²) < 4.78 is 65.2. The quantitative estimate of drug-likeness (QED) is 0.534. The highest BCUT2D eigenvalue weighted by Gasteiger charge is 2.30. The Kier molecular flexibility index (Phi) is 8.34. The molecule has 0 spiro atoms. The molecule has 2 aromatic carbocycles. The van der Waals surface area contributed by atoms with E-state index in [1.165, 1.54) is 46.8 Å². The number of halogens is 3. The van der Waals surface area contributed by atoms with E-state index in [9.17, 15) is 31.2 Å². The molecule has 0 bridgehead atoms. The highest BCUT2D eigenvalue weighted by molar-refractivity contribution is 7.89. The van der Waals surface area contributed by atoms with Crippen LogP contribution in [-0.4, -0.2) is 44.2 Å². The fourth-order valence-corrected chi connectivity index (χ4v) is 5.16. The summed E-state index contributed by atoms with van der Waals surface area (Å²) in [6.45, 7) is 4.54. The van der Waals surface area contributed by atoms with Crippen molar-refractivity contribution in [3.05, 3.63) is 77.9 Å². The molecule has 7 nitrogen and oxygen atoms in total. The number of alkyl halides is 3. The molecule has 0 saturated carbocycles. The maximum Gasteiger partial charge on any atom is 0.416 e. The summed E-state index contributed by atoms with van der Waals surface area (Å²) in [7, 11) is -3.73. The monoisotopic (exact) mass is 509 g/mol. The molecule has 2 amide bonds. The molecule has 0 aliphatic carbocycles. The minimum Gasteiger partial charge on any atom is -0.352 e. The standard InChI is InChI=1S/C24H26F3N3O4S/c1-2-22(31)28-15-18-11-13-30(14-12-18)35(33,34)21-9-5-19(6-10-21)23(32)29-16-17-3-7-20(8-4-17)24(25,26)27/h2-10,18H,1,11-16H2,(H,28,31)(H,29,32). The van der Waals surface area contributed by atoms with Gasteiger partial charge in [-0.05, 0) is 66.8 Å². The third-order valence-electron chi connectivity index (χ3n) is 5.81.